The van der Waals surface area contributed by atoms with Crippen molar-refractivity contribution in [3.63, 3.8) is 0 Å². The van der Waals surface area contributed by atoms with Crippen LogP contribution in [0.5, 0.6) is 0 Å². The van der Waals surface area contributed by atoms with Gasteiger partial charge < -0.3 is 4.90 Å². The van der Waals surface area contributed by atoms with Crippen molar-refractivity contribution >= 4 is 5.91 Å². The van der Waals surface area contributed by atoms with Crippen molar-refractivity contribution in [3.05, 3.63) is 83.2 Å². The lowest BCUT2D eigenvalue weighted by Crippen LogP contribution is -2.26. The highest BCUT2D eigenvalue weighted by Gasteiger charge is 2.18. The molecule has 2 aromatic carbocycles. The molecule has 0 unspecified atom stereocenters. The van der Waals surface area contributed by atoms with Crippen molar-refractivity contribution in [2.75, 3.05) is 7.05 Å². The zero-order chi connectivity index (χ0) is 17.1. The first-order chi connectivity index (χ1) is 11.6. The Hall–Kier alpha value is -2.88. The van der Waals surface area contributed by atoms with Gasteiger partial charge in [0.1, 0.15) is 0 Å². The molecular weight excluding hydrogens is 298 g/mol. The summed E-state index contributed by atoms with van der Waals surface area (Å²) in [4.78, 5) is 14.3. The predicted molar refractivity (Wildman–Crippen MR) is 95.3 cm³/mol. The van der Waals surface area contributed by atoms with Crippen LogP contribution in [0.3, 0.4) is 0 Å². The Bertz CT molecular complexity index is 838. The molecule has 0 aliphatic rings. The maximum absolute atomic E-state index is 12.5. The van der Waals surface area contributed by atoms with Gasteiger partial charge in [0.2, 0.25) is 0 Å². The molecule has 0 aliphatic carbocycles. The molecule has 0 spiro atoms. The fourth-order valence-electron chi connectivity index (χ4n) is 2.83. The fraction of sp³-hybridized carbons (Fsp3) is 0.200. The number of carbonyl (C=O) groups excluding carboxylic acids is 1. The third-order valence-electron chi connectivity index (χ3n) is 4.20. The molecule has 0 bridgehead atoms. The number of hydrogen-bond acceptors (Lipinski definition) is 2. The van der Waals surface area contributed by atoms with Gasteiger partial charge in [-0.25, -0.2) is 4.68 Å². The van der Waals surface area contributed by atoms with Crippen LogP contribution in [0.4, 0.5) is 0 Å². The van der Waals surface area contributed by atoms with E-state index in [1.807, 2.05) is 86.2 Å². The molecule has 0 saturated heterocycles. The van der Waals surface area contributed by atoms with Gasteiger partial charge in [0.05, 0.1) is 11.4 Å². The molecule has 0 N–H and O–H groups in total. The molecule has 1 amide bonds. The van der Waals surface area contributed by atoms with E-state index in [4.69, 9.17) is 0 Å². The largest absolute Gasteiger partial charge is 0.337 e. The summed E-state index contributed by atoms with van der Waals surface area (Å²) < 4.78 is 1.94. The summed E-state index contributed by atoms with van der Waals surface area (Å²) >= 11 is 0. The highest BCUT2D eigenvalue weighted by atomic mass is 16.2. The van der Waals surface area contributed by atoms with Crippen molar-refractivity contribution in [1.82, 2.24) is 14.7 Å². The van der Waals surface area contributed by atoms with E-state index >= 15 is 0 Å². The lowest BCUT2D eigenvalue weighted by Gasteiger charge is -2.17. The molecular formula is C20H21N3O. The standard InChI is InChI=1S/C20H21N3O/c1-15-19(14-22(3)20(24)17-10-6-4-7-11-17)16(2)23(21-15)18-12-8-5-9-13-18/h4-13H,14H2,1-3H3. The minimum Gasteiger partial charge on any atom is -0.337 e. The Morgan fingerprint density at radius 3 is 2.21 bits per heavy atom. The molecule has 0 radical (unpaired) electrons. The van der Waals surface area contributed by atoms with E-state index in [0.29, 0.717) is 12.1 Å². The maximum Gasteiger partial charge on any atom is 0.253 e. The molecule has 122 valence electrons. The molecule has 24 heavy (non-hydrogen) atoms. The van der Waals surface area contributed by atoms with Crippen molar-refractivity contribution < 1.29 is 4.79 Å². The molecule has 0 fully saturated rings. The molecule has 4 nitrogen and oxygen atoms in total. The molecule has 3 aromatic rings. The van der Waals surface area contributed by atoms with Crippen molar-refractivity contribution in [1.29, 1.82) is 0 Å². The van der Waals surface area contributed by atoms with Crippen LogP contribution in [0.1, 0.15) is 27.3 Å². The number of rotatable bonds is 4. The van der Waals surface area contributed by atoms with Gasteiger partial charge >= 0.3 is 0 Å². The topological polar surface area (TPSA) is 38.1 Å². The van der Waals surface area contributed by atoms with Crippen LogP contribution < -0.4 is 0 Å². The first-order valence-electron chi connectivity index (χ1n) is 7.99. The quantitative estimate of drug-likeness (QED) is 0.734. The molecule has 0 atom stereocenters. The monoisotopic (exact) mass is 319 g/mol. The van der Waals surface area contributed by atoms with Gasteiger partial charge in [-0.15, -0.1) is 0 Å². The minimum absolute atomic E-state index is 0.0156. The van der Waals surface area contributed by atoms with E-state index in [9.17, 15) is 4.79 Å². The van der Waals surface area contributed by atoms with Gasteiger partial charge in [-0.2, -0.15) is 5.10 Å². The van der Waals surface area contributed by atoms with Gasteiger partial charge in [-0.3, -0.25) is 4.79 Å². The van der Waals surface area contributed by atoms with Crippen LogP contribution in [-0.4, -0.2) is 27.6 Å². The van der Waals surface area contributed by atoms with Gasteiger partial charge in [0, 0.05) is 30.4 Å². The average Bonchev–Trinajstić information content (AvgIpc) is 2.90. The average molecular weight is 319 g/mol. The Morgan fingerprint density at radius 2 is 1.58 bits per heavy atom. The minimum atomic E-state index is 0.0156. The van der Waals surface area contributed by atoms with Crippen LogP contribution in [0.25, 0.3) is 5.69 Å². The second-order valence-electron chi connectivity index (χ2n) is 5.92. The third kappa shape index (κ3) is 3.08. The number of nitrogens with zero attached hydrogens (tertiary/aromatic N) is 3. The van der Waals surface area contributed by atoms with Crippen LogP contribution in [-0.2, 0) is 6.54 Å². The summed E-state index contributed by atoms with van der Waals surface area (Å²) in [5, 5.41) is 4.64. The Morgan fingerprint density at radius 1 is 1.00 bits per heavy atom. The number of aryl methyl sites for hydroxylation is 1. The highest BCUT2D eigenvalue weighted by Crippen LogP contribution is 2.19. The number of carbonyl (C=O) groups is 1. The first kappa shape index (κ1) is 16.0. The summed E-state index contributed by atoms with van der Waals surface area (Å²) in [6, 6.07) is 19.4. The summed E-state index contributed by atoms with van der Waals surface area (Å²) in [6.45, 7) is 4.57. The summed E-state index contributed by atoms with van der Waals surface area (Å²) in [5.41, 5.74) is 4.83. The van der Waals surface area contributed by atoms with E-state index in [0.717, 1.165) is 22.6 Å². The number of hydrogen-bond donors (Lipinski definition) is 0. The van der Waals surface area contributed by atoms with E-state index in [1.165, 1.54) is 0 Å². The van der Waals surface area contributed by atoms with E-state index in [-0.39, 0.29) is 5.91 Å². The second kappa shape index (κ2) is 6.71. The zero-order valence-electron chi connectivity index (χ0n) is 14.2. The number of benzene rings is 2. The Balaban J connectivity index is 1.86. The summed E-state index contributed by atoms with van der Waals surface area (Å²) in [7, 11) is 1.83. The first-order valence-corrected chi connectivity index (χ1v) is 7.99. The van der Waals surface area contributed by atoms with Crippen molar-refractivity contribution in [2.24, 2.45) is 0 Å². The fourth-order valence-corrected chi connectivity index (χ4v) is 2.83. The Kier molecular flexibility index (Phi) is 4.47. The second-order valence-corrected chi connectivity index (χ2v) is 5.92. The van der Waals surface area contributed by atoms with Crippen LogP contribution in [0, 0.1) is 13.8 Å². The zero-order valence-corrected chi connectivity index (χ0v) is 14.2. The van der Waals surface area contributed by atoms with Crippen molar-refractivity contribution in [2.45, 2.75) is 20.4 Å². The van der Waals surface area contributed by atoms with Crippen molar-refractivity contribution in [3.8, 4) is 5.69 Å². The third-order valence-corrected chi connectivity index (χ3v) is 4.20. The molecule has 0 saturated carbocycles. The molecule has 0 aliphatic heterocycles. The molecule has 3 rings (SSSR count). The normalized spacial score (nSPS) is 10.6. The molecule has 4 heteroatoms. The number of para-hydroxylation sites is 1. The van der Waals surface area contributed by atoms with Crippen LogP contribution >= 0.6 is 0 Å². The van der Waals surface area contributed by atoms with E-state index < -0.39 is 0 Å². The molecule has 1 aromatic heterocycles. The number of aromatic nitrogens is 2. The van der Waals surface area contributed by atoms with Gasteiger partial charge in [0.25, 0.3) is 5.91 Å². The van der Waals surface area contributed by atoms with Gasteiger partial charge in [-0.1, -0.05) is 36.4 Å². The highest BCUT2D eigenvalue weighted by molar-refractivity contribution is 5.93. The van der Waals surface area contributed by atoms with Gasteiger partial charge in [-0.05, 0) is 38.1 Å². The lowest BCUT2D eigenvalue weighted by atomic mass is 10.1. The Labute approximate surface area is 142 Å². The van der Waals surface area contributed by atoms with Crippen LogP contribution in [0.2, 0.25) is 0 Å². The SMILES string of the molecule is Cc1nn(-c2ccccc2)c(C)c1CN(C)C(=O)c1ccccc1. The number of amides is 1. The summed E-state index contributed by atoms with van der Waals surface area (Å²) in [6.07, 6.45) is 0. The summed E-state index contributed by atoms with van der Waals surface area (Å²) in [5.74, 6) is 0.0156. The maximum atomic E-state index is 12.5. The predicted octanol–water partition coefficient (Wildman–Crippen LogP) is 3.76. The van der Waals surface area contributed by atoms with E-state index in [2.05, 4.69) is 5.10 Å². The smallest absolute Gasteiger partial charge is 0.253 e. The van der Waals surface area contributed by atoms with Crippen LogP contribution in [0.15, 0.2) is 60.7 Å². The molecule has 1 heterocycles. The van der Waals surface area contributed by atoms with E-state index in [1.54, 1.807) is 4.90 Å². The lowest BCUT2D eigenvalue weighted by molar-refractivity contribution is 0.0785. The van der Waals surface area contributed by atoms with Gasteiger partial charge in [0.15, 0.2) is 0 Å².